The van der Waals surface area contributed by atoms with Gasteiger partial charge in [-0.1, -0.05) is 45.0 Å². The van der Waals surface area contributed by atoms with Crippen molar-refractivity contribution >= 4 is 5.97 Å². The molecule has 0 N–H and O–H groups in total. The van der Waals surface area contributed by atoms with Crippen LogP contribution in [0.3, 0.4) is 0 Å². The number of rotatable bonds is 4. The summed E-state index contributed by atoms with van der Waals surface area (Å²) in [4.78, 5) is 11.2. The molecule has 2 aromatic rings. The summed E-state index contributed by atoms with van der Waals surface area (Å²) in [5, 5.41) is 0. The lowest BCUT2D eigenvalue weighted by molar-refractivity contribution is -0.139. The summed E-state index contributed by atoms with van der Waals surface area (Å²) < 4.78 is 10.5. The summed E-state index contributed by atoms with van der Waals surface area (Å²) in [5.41, 5.74) is 2.31. The summed E-state index contributed by atoms with van der Waals surface area (Å²) in [7, 11) is 1.39. The number of carbonyl (C=O) groups is 1. The van der Waals surface area contributed by atoms with Gasteiger partial charge in [0.25, 0.3) is 0 Å². The fourth-order valence-electron chi connectivity index (χ4n) is 2.07. The molecule has 0 bridgehead atoms. The fourth-order valence-corrected chi connectivity index (χ4v) is 2.07. The molecule has 0 aliphatic heterocycles. The van der Waals surface area contributed by atoms with Gasteiger partial charge in [0.05, 0.1) is 13.5 Å². The molecule has 0 heterocycles. The molecule has 22 heavy (non-hydrogen) atoms. The summed E-state index contributed by atoms with van der Waals surface area (Å²) in [5.74, 6) is 1.30. The fraction of sp³-hybridized carbons (Fsp3) is 0.316. The van der Waals surface area contributed by atoms with Crippen LogP contribution in [0.2, 0.25) is 0 Å². The lowest BCUT2D eigenvalue weighted by Gasteiger charge is -2.19. The first-order valence-electron chi connectivity index (χ1n) is 7.32. The van der Waals surface area contributed by atoms with Crippen LogP contribution in [0.1, 0.15) is 31.9 Å². The van der Waals surface area contributed by atoms with Crippen molar-refractivity contribution in [2.45, 2.75) is 32.6 Å². The van der Waals surface area contributed by atoms with Crippen LogP contribution < -0.4 is 4.74 Å². The van der Waals surface area contributed by atoms with Crippen LogP contribution in [0.4, 0.5) is 0 Å². The lowest BCUT2D eigenvalue weighted by atomic mass is 9.87. The van der Waals surface area contributed by atoms with Crippen molar-refractivity contribution < 1.29 is 14.3 Å². The van der Waals surface area contributed by atoms with Crippen molar-refractivity contribution in [1.29, 1.82) is 0 Å². The Bertz CT molecular complexity index is 619. The first kappa shape index (κ1) is 16.1. The van der Waals surface area contributed by atoms with E-state index in [-0.39, 0.29) is 17.8 Å². The van der Waals surface area contributed by atoms with E-state index in [4.69, 9.17) is 4.74 Å². The van der Waals surface area contributed by atoms with Gasteiger partial charge in [-0.25, -0.2) is 0 Å². The molecule has 116 valence electrons. The zero-order chi connectivity index (χ0) is 16.2. The van der Waals surface area contributed by atoms with Crippen molar-refractivity contribution in [3.05, 3.63) is 59.7 Å². The SMILES string of the molecule is COC(=O)Cc1ccc(Oc2ccc(C(C)(C)C)cc2)cc1. The molecule has 0 atom stereocenters. The highest BCUT2D eigenvalue weighted by Gasteiger charge is 2.13. The van der Waals surface area contributed by atoms with Crippen LogP contribution in [0.15, 0.2) is 48.5 Å². The maximum atomic E-state index is 11.2. The molecule has 3 heteroatoms. The van der Waals surface area contributed by atoms with Gasteiger partial charge in [-0.15, -0.1) is 0 Å². The van der Waals surface area contributed by atoms with Crippen molar-refractivity contribution in [3.63, 3.8) is 0 Å². The van der Waals surface area contributed by atoms with Crippen LogP contribution in [-0.2, 0) is 21.4 Å². The maximum absolute atomic E-state index is 11.2. The van der Waals surface area contributed by atoms with E-state index in [2.05, 4.69) is 37.6 Å². The summed E-state index contributed by atoms with van der Waals surface area (Å²) in [6.07, 6.45) is 0.275. The molecule has 0 unspecified atom stereocenters. The molecule has 0 radical (unpaired) electrons. The zero-order valence-electron chi connectivity index (χ0n) is 13.6. The van der Waals surface area contributed by atoms with Gasteiger partial charge < -0.3 is 9.47 Å². The monoisotopic (exact) mass is 298 g/mol. The van der Waals surface area contributed by atoms with E-state index < -0.39 is 0 Å². The third-order valence-electron chi connectivity index (χ3n) is 3.46. The molecular weight excluding hydrogens is 276 g/mol. The average Bonchev–Trinajstić information content (AvgIpc) is 2.49. The largest absolute Gasteiger partial charge is 0.469 e. The van der Waals surface area contributed by atoms with Crippen LogP contribution >= 0.6 is 0 Å². The third kappa shape index (κ3) is 4.35. The molecule has 0 aliphatic rings. The first-order chi connectivity index (χ1) is 10.4. The lowest BCUT2D eigenvalue weighted by Crippen LogP contribution is -2.10. The Labute approximate surface area is 131 Å². The van der Waals surface area contributed by atoms with Crippen molar-refractivity contribution in [2.75, 3.05) is 7.11 Å². The molecule has 0 saturated heterocycles. The molecule has 0 fully saturated rings. The average molecular weight is 298 g/mol. The van der Waals surface area contributed by atoms with E-state index in [9.17, 15) is 4.79 Å². The van der Waals surface area contributed by atoms with E-state index in [1.54, 1.807) is 0 Å². The van der Waals surface area contributed by atoms with E-state index in [0.717, 1.165) is 17.1 Å². The topological polar surface area (TPSA) is 35.5 Å². The van der Waals surface area contributed by atoms with E-state index in [1.165, 1.54) is 12.7 Å². The predicted molar refractivity (Wildman–Crippen MR) is 87.4 cm³/mol. The second kappa shape index (κ2) is 6.65. The Kier molecular flexibility index (Phi) is 4.86. The van der Waals surface area contributed by atoms with Gasteiger partial charge in [-0.3, -0.25) is 4.79 Å². The maximum Gasteiger partial charge on any atom is 0.309 e. The Hall–Kier alpha value is -2.29. The number of hydrogen-bond acceptors (Lipinski definition) is 3. The zero-order valence-corrected chi connectivity index (χ0v) is 13.6. The van der Waals surface area contributed by atoms with E-state index >= 15 is 0 Å². The summed E-state index contributed by atoms with van der Waals surface area (Å²) >= 11 is 0. The molecular formula is C19H22O3. The van der Waals surface area contributed by atoms with Gasteiger partial charge in [-0.2, -0.15) is 0 Å². The smallest absolute Gasteiger partial charge is 0.309 e. The number of esters is 1. The van der Waals surface area contributed by atoms with E-state index in [0.29, 0.717) is 0 Å². The van der Waals surface area contributed by atoms with Crippen LogP contribution in [0.5, 0.6) is 11.5 Å². The number of benzene rings is 2. The standard InChI is InChI=1S/C19H22O3/c1-19(2,3)15-7-11-17(12-8-15)22-16-9-5-14(6-10-16)13-18(20)21-4/h5-12H,13H2,1-4H3. The van der Waals surface area contributed by atoms with E-state index in [1.807, 2.05) is 36.4 Å². The molecule has 0 aromatic heterocycles. The summed E-state index contributed by atoms with van der Waals surface area (Å²) in [6, 6.07) is 15.6. The molecule has 0 saturated carbocycles. The van der Waals surface area contributed by atoms with Crippen molar-refractivity contribution in [3.8, 4) is 11.5 Å². The second-order valence-electron chi connectivity index (χ2n) is 6.27. The highest BCUT2D eigenvalue weighted by molar-refractivity contribution is 5.72. The Balaban J connectivity index is 2.03. The van der Waals surface area contributed by atoms with Crippen LogP contribution in [0, 0.1) is 0 Å². The quantitative estimate of drug-likeness (QED) is 0.780. The molecule has 0 amide bonds. The Morgan fingerprint density at radius 1 is 0.909 bits per heavy atom. The van der Waals surface area contributed by atoms with Crippen molar-refractivity contribution in [1.82, 2.24) is 0 Å². The highest BCUT2D eigenvalue weighted by Crippen LogP contribution is 2.27. The normalized spacial score (nSPS) is 11.1. The second-order valence-corrected chi connectivity index (χ2v) is 6.27. The van der Waals surface area contributed by atoms with Gasteiger partial charge in [-0.05, 0) is 40.8 Å². The Morgan fingerprint density at radius 3 is 1.86 bits per heavy atom. The molecule has 0 spiro atoms. The van der Waals surface area contributed by atoms with Gasteiger partial charge in [0.15, 0.2) is 0 Å². The molecule has 0 aliphatic carbocycles. The van der Waals surface area contributed by atoms with Gasteiger partial charge in [0.1, 0.15) is 11.5 Å². The number of ether oxygens (including phenoxy) is 2. The van der Waals surface area contributed by atoms with Crippen LogP contribution in [0.25, 0.3) is 0 Å². The number of hydrogen-bond donors (Lipinski definition) is 0. The van der Waals surface area contributed by atoms with Crippen LogP contribution in [-0.4, -0.2) is 13.1 Å². The molecule has 2 aromatic carbocycles. The number of carbonyl (C=O) groups excluding carboxylic acids is 1. The van der Waals surface area contributed by atoms with Gasteiger partial charge in [0, 0.05) is 0 Å². The first-order valence-corrected chi connectivity index (χ1v) is 7.32. The Morgan fingerprint density at radius 2 is 1.41 bits per heavy atom. The molecule has 2 rings (SSSR count). The van der Waals surface area contributed by atoms with Gasteiger partial charge >= 0.3 is 5.97 Å². The van der Waals surface area contributed by atoms with Gasteiger partial charge in [0.2, 0.25) is 0 Å². The minimum Gasteiger partial charge on any atom is -0.469 e. The molecule has 3 nitrogen and oxygen atoms in total. The minimum atomic E-state index is -0.244. The van der Waals surface area contributed by atoms with Crippen molar-refractivity contribution in [2.24, 2.45) is 0 Å². The third-order valence-corrected chi connectivity index (χ3v) is 3.46. The number of methoxy groups -OCH3 is 1. The highest BCUT2D eigenvalue weighted by atomic mass is 16.5. The predicted octanol–water partition coefficient (Wildman–Crippen LogP) is 4.49. The minimum absolute atomic E-state index is 0.133. The summed E-state index contributed by atoms with van der Waals surface area (Å²) in [6.45, 7) is 6.55.